The van der Waals surface area contributed by atoms with Crippen molar-refractivity contribution in [2.75, 3.05) is 6.54 Å². The highest BCUT2D eigenvalue weighted by molar-refractivity contribution is 5.54. The second-order valence-electron chi connectivity index (χ2n) is 5.44. The smallest absolute Gasteiger partial charge is 0.159 e. The van der Waals surface area contributed by atoms with E-state index in [9.17, 15) is 0 Å². The van der Waals surface area contributed by atoms with Gasteiger partial charge in [-0.2, -0.15) is 0 Å². The van der Waals surface area contributed by atoms with Gasteiger partial charge in [0.05, 0.1) is 18.5 Å². The standard InChI is InChI=1S/C17H16N4O/c1-2-15(22-9-1)12-21-8-5-16-14(11-21)10-19-17(20-16)13-3-6-18-7-4-13/h1-4,6-7,9-10H,5,8,11-12H2. The molecule has 0 aliphatic carbocycles. The molecule has 5 heteroatoms. The van der Waals surface area contributed by atoms with Gasteiger partial charge in [-0.25, -0.2) is 9.97 Å². The minimum absolute atomic E-state index is 0.778. The fourth-order valence-corrected chi connectivity index (χ4v) is 2.77. The molecule has 0 radical (unpaired) electrons. The number of aromatic nitrogens is 3. The number of pyridine rings is 1. The first-order valence-corrected chi connectivity index (χ1v) is 7.38. The summed E-state index contributed by atoms with van der Waals surface area (Å²) in [6.45, 7) is 2.69. The lowest BCUT2D eigenvalue weighted by Gasteiger charge is -2.27. The fraction of sp³-hybridized carbons (Fsp3) is 0.235. The van der Waals surface area contributed by atoms with Crippen LogP contribution in [0.25, 0.3) is 11.4 Å². The van der Waals surface area contributed by atoms with E-state index in [-0.39, 0.29) is 0 Å². The molecule has 0 bridgehead atoms. The molecule has 4 rings (SSSR count). The number of hydrogen-bond donors (Lipinski definition) is 0. The summed E-state index contributed by atoms with van der Waals surface area (Å²) in [6, 6.07) is 7.82. The molecule has 0 spiro atoms. The van der Waals surface area contributed by atoms with Crippen LogP contribution < -0.4 is 0 Å². The second kappa shape index (κ2) is 5.69. The highest BCUT2D eigenvalue weighted by atomic mass is 16.3. The Morgan fingerprint density at radius 1 is 1.18 bits per heavy atom. The lowest BCUT2D eigenvalue weighted by molar-refractivity contribution is 0.223. The number of furan rings is 1. The van der Waals surface area contributed by atoms with Crippen molar-refractivity contribution < 1.29 is 4.42 Å². The average Bonchev–Trinajstić information content (AvgIpc) is 3.08. The van der Waals surface area contributed by atoms with Gasteiger partial charge in [0.15, 0.2) is 5.82 Å². The Kier molecular flexibility index (Phi) is 3.40. The van der Waals surface area contributed by atoms with Crippen molar-refractivity contribution >= 4 is 0 Å². The Morgan fingerprint density at radius 2 is 2.09 bits per heavy atom. The molecule has 1 aliphatic rings. The molecule has 1 aliphatic heterocycles. The third kappa shape index (κ3) is 2.63. The average molecular weight is 292 g/mol. The molecule has 110 valence electrons. The van der Waals surface area contributed by atoms with Crippen LogP contribution in [0.5, 0.6) is 0 Å². The summed E-state index contributed by atoms with van der Waals surface area (Å²) in [7, 11) is 0. The van der Waals surface area contributed by atoms with E-state index in [4.69, 9.17) is 9.40 Å². The molecule has 0 saturated heterocycles. The van der Waals surface area contributed by atoms with E-state index >= 15 is 0 Å². The maximum Gasteiger partial charge on any atom is 0.159 e. The number of nitrogens with zero attached hydrogens (tertiary/aromatic N) is 4. The first-order valence-electron chi connectivity index (χ1n) is 7.38. The first kappa shape index (κ1) is 13.2. The highest BCUT2D eigenvalue weighted by Gasteiger charge is 2.19. The maximum atomic E-state index is 5.42. The van der Waals surface area contributed by atoms with Crippen LogP contribution in [0, 0.1) is 0 Å². The Hall–Kier alpha value is -2.53. The Balaban J connectivity index is 1.54. The summed E-state index contributed by atoms with van der Waals surface area (Å²) in [5.41, 5.74) is 3.36. The maximum absolute atomic E-state index is 5.42. The molecule has 3 aromatic heterocycles. The Labute approximate surface area is 128 Å². The zero-order valence-corrected chi connectivity index (χ0v) is 12.1. The van der Waals surface area contributed by atoms with Gasteiger partial charge in [0.25, 0.3) is 0 Å². The van der Waals surface area contributed by atoms with E-state index in [0.29, 0.717) is 0 Å². The van der Waals surface area contributed by atoms with E-state index in [2.05, 4.69) is 14.9 Å². The first-order chi connectivity index (χ1) is 10.9. The summed E-state index contributed by atoms with van der Waals surface area (Å²) in [6.07, 6.45) is 8.15. The molecule has 4 heterocycles. The van der Waals surface area contributed by atoms with Gasteiger partial charge in [0.1, 0.15) is 5.76 Å². The van der Waals surface area contributed by atoms with Gasteiger partial charge in [-0.15, -0.1) is 0 Å². The lowest BCUT2D eigenvalue weighted by Crippen LogP contribution is -2.30. The SMILES string of the molecule is c1coc(CN2CCc3nc(-c4ccncc4)ncc3C2)c1. The zero-order valence-electron chi connectivity index (χ0n) is 12.1. The third-order valence-corrected chi connectivity index (χ3v) is 3.91. The molecule has 0 saturated carbocycles. The third-order valence-electron chi connectivity index (χ3n) is 3.91. The van der Waals surface area contributed by atoms with E-state index in [0.717, 1.165) is 48.9 Å². The number of rotatable bonds is 3. The molecule has 3 aromatic rings. The van der Waals surface area contributed by atoms with Gasteiger partial charge in [-0.1, -0.05) is 0 Å². The van der Waals surface area contributed by atoms with Gasteiger partial charge >= 0.3 is 0 Å². The van der Waals surface area contributed by atoms with Crippen LogP contribution in [-0.4, -0.2) is 26.4 Å². The Morgan fingerprint density at radius 3 is 2.91 bits per heavy atom. The van der Waals surface area contributed by atoms with Gasteiger partial charge in [-0.05, 0) is 24.3 Å². The predicted molar refractivity (Wildman–Crippen MR) is 81.8 cm³/mol. The quantitative estimate of drug-likeness (QED) is 0.743. The topological polar surface area (TPSA) is 55.1 Å². The summed E-state index contributed by atoms with van der Waals surface area (Å²) in [5, 5.41) is 0. The van der Waals surface area contributed by atoms with E-state index in [1.807, 2.05) is 30.5 Å². The molecule has 0 unspecified atom stereocenters. The van der Waals surface area contributed by atoms with Gasteiger partial charge in [0, 0.05) is 49.2 Å². The zero-order chi connectivity index (χ0) is 14.8. The predicted octanol–water partition coefficient (Wildman–Crippen LogP) is 2.69. The van der Waals surface area contributed by atoms with Crippen molar-refractivity contribution in [1.82, 2.24) is 19.9 Å². The van der Waals surface area contributed by atoms with Crippen molar-refractivity contribution in [2.45, 2.75) is 19.5 Å². The van der Waals surface area contributed by atoms with Crippen LogP contribution in [-0.2, 0) is 19.5 Å². The number of fused-ring (bicyclic) bond motifs is 1. The highest BCUT2D eigenvalue weighted by Crippen LogP contribution is 2.21. The minimum atomic E-state index is 0.778. The summed E-state index contributed by atoms with van der Waals surface area (Å²) >= 11 is 0. The summed E-state index contributed by atoms with van der Waals surface area (Å²) < 4.78 is 5.42. The number of hydrogen-bond acceptors (Lipinski definition) is 5. The minimum Gasteiger partial charge on any atom is -0.468 e. The van der Waals surface area contributed by atoms with Crippen LogP contribution in [0.3, 0.4) is 0 Å². The van der Waals surface area contributed by atoms with Crippen LogP contribution in [0.4, 0.5) is 0 Å². The summed E-state index contributed by atoms with van der Waals surface area (Å²) in [4.78, 5) is 15.6. The molecule has 5 nitrogen and oxygen atoms in total. The molecule has 0 amide bonds. The van der Waals surface area contributed by atoms with Crippen LogP contribution in [0.15, 0.2) is 53.5 Å². The van der Waals surface area contributed by atoms with Gasteiger partial charge < -0.3 is 4.42 Å². The van der Waals surface area contributed by atoms with E-state index < -0.39 is 0 Å². The molecule has 0 N–H and O–H groups in total. The van der Waals surface area contributed by atoms with E-state index in [1.54, 1.807) is 18.7 Å². The molecule has 0 atom stereocenters. The van der Waals surface area contributed by atoms with Crippen LogP contribution in [0.1, 0.15) is 17.0 Å². The molecular formula is C17H16N4O. The van der Waals surface area contributed by atoms with Gasteiger partial charge in [0.2, 0.25) is 0 Å². The normalized spacial score (nSPS) is 14.7. The van der Waals surface area contributed by atoms with Crippen molar-refractivity contribution in [3.63, 3.8) is 0 Å². The molecule has 0 aromatic carbocycles. The van der Waals surface area contributed by atoms with Crippen LogP contribution in [0.2, 0.25) is 0 Å². The molecular weight excluding hydrogens is 276 g/mol. The van der Waals surface area contributed by atoms with Crippen molar-refractivity contribution in [3.8, 4) is 11.4 Å². The Bertz CT molecular complexity index is 756. The van der Waals surface area contributed by atoms with E-state index in [1.165, 1.54) is 5.56 Å². The fourth-order valence-electron chi connectivity index (χ4n) is 2.77. The van der Waals surface area contributed by atoms with Crippen molar-refractivity contribution in [3.05, 3.63) is 66.1 Å². The van der Waals surface area contributed by atoms with Crippen LogP contribution >= 0.6 is 0 Å². The largest absolute Gasteiger partial charge is 0.468 e. The monoisotopic (exact) mass is 292 g/mol. The second-order valence-corrected chi connectivity index (χ2v) is 5.44. The molecule has 22 heavy (non-hydrogen) atoms. The van der Waals surface area contributed by atoms with Gasteiger partial charge in [-0.3, -0.25) is 9.88 Å². The molecule has 0 fully saturated rings. The van der Waals surface area contributed by atoms with Crippen molar-refractivity contribution in [1.29, 1.82) is 0 Å². The summed E-state index contributed by atoms with van der Waals surface area (Å²) in [5.74, 6) is 1.78. The van der Waals surface area contributed by atoms with Crippen molar-refractivity contribution in [2.24, 2.45) is 0 Å². The lowest BCUT2D eigenvalue weighted by atomic mass is 10.1.